The Balaban J connectivity index is 1.32. The summed E-state index contributed by atoms with van der Waals surface area (Å²) in [6.07, 6.45) is 0. The normalized spacial score (nSPS) is 12.4. The molecule has 0 unspecified atom stereocenters. The van der Waals surface area contributed by atoms with E-state index in [0.29, 0.717) is 5.92 Å². The molecule has 1 heterocycles. The molecule has 0 aliphatic carbocycles. The van der Waals surface area contributed by atoms with E-state index in [1.165, 1.54) is 33.6 Å². The van der Waals surface area contributed by atoms with Crippen LogP contribution in [0.4, 0.5) is 22.7 Å². The Bertz CT molecular complexity index is 1080. The van der Waals surface area contributed by atoms with E-state index in [2.05, 4.69) is 108 Å². The molecule has 1 aliphatic heterocycles. The van der Waals surface area contributed by atoms with Crippen LogP contribution in [0.1, 0.15) is 35.1 Å². The summed E-state index contributed by atoms with van der Waals surface area (Å²) >= 11 is 0. The van der Waals surface area contributed by atoms with Gasteiger partial charge in [-0.05, 0) is 46.5 Å². The third-order valence-corrected chi connectivity index (χ3v) is 5.99. The van der Waals surface area contributed by atoms with Crippen LogP contribution < -0.4 is 16.0 Å². The Hall–Kier alpha value is -3.72. The van der Waals surface area contributed by atoms with Crippen LogP contribution in [0.5, 0.6) is 0 Å². The van der Waals surface area contributed by atoms with E-state index in [1.54, 1.807) is 0 Å². The summed E-state index contributed by atoms with van der Waals surface area (Å²) in [6.45, 7) is 3.92. The van der Waals surface area contributed by atoms with E-state index in [-0.39, 0.29) is 0 Å². The molecular formula is C28H27N3. The van der Waals surface area contributed by atoms with E-state index in [1.807, 2.05) is 12.1 Å². The van der Waals surface area contributed by atoms with Crippen molar-refractivity contribution >= 4 is 22.7 Å². The molecule has 5 rings (SSSR count). The molecule has 3 N–H and O–H groups in total. The average Bonchev–Trinajstić information content (AvgIpc) is 2.82. The molecule has 0 radical (unpaired) electrons. The maximum atomic E-state index is 3.67. The lowest BCUT2D eigenvalue weighted by molar-refractivity contribution is 0.911. The summed E-state index contributed by atoms with van der Waals surface area (Å²) in [5.74, 6) is 0.359. The van der Waals surface area contributed by atoms with Crippen LogP contribution >= 0.6 is 0 Å². The highest BCUT2D eigenvalue weighted by Crippen LogP contribution is 2.42. The Kier molecular flexibility index (Phi) is 5.32. The van der Waals surface area contributed by atoms with Gasteiger partial charge in [-0.3, -0.25) is 0 Å². The molecule has 0 spiro atoms. The van der Waals surface area contributed by atoms with Gasteiger partial charge in [-0.1, -0.05) is 79.7 Å². The van der Waals surface area contributed by atoms with Gasteiger partial charge < -0.3 is 16.0 Å². The van der Waals surface area contributed by atoms with Crippen LogP contribution in [0.25, 0.3) is 0 Å². The maximum Gasteiger partial charge on any atom is 0.0443 e. The summed E-state index contributed by atoms with van der Waals surface area (Å²) in [7, 11) is 0. The van der Waals surface area contributed by atoms with Crippen molar-refractivity contribution < 1.29 is 0 Å². The topological polar surface area (TPSA) is 36.1 Å². The summed E-state index contributed by atoms with van der Waals surface area (Å²) < 4.78 is 0. The lowest BCUT2D eigenvalue weighted by Gasteiger charge is -2.28. The van der Waals surface area contributed by atoms with E-state index >= 15 is 0 Å². The minimum absolute atomic E-state index is 0.359. The molecule has 154 valence electrons. The van der Waals surface area contributed by atoms with Gasteiger partial charge in [0.25, 0.3) is 0 Å². The summed E-state index contributed by atoms with van der Waals surface area (Å²) in [6, 6.07) is 34.3. The van der Waals surface area contributed by atoms with E-state index in [0.717, 1.165) is 24.5 Å². The van der Waals surface area contributed by atoms with Crippen molar-refractivity contribution in [1.82, 2.24) is 0 Å². The van der Waals surface area contributed by atoms with Gasteiger partial charge in [0.1, 0.15) is 0 Å². The SMILES string of the molecule is CC1c2ccc(NCc3ccccc3)cc2Nc2cc(NCc3ccccc3)ccc21. The molecule has 0 amide bonds. The van der Waals surface area contributed by atoms with Crippen LogP contribution in [-0.4, -0.2) is 0 Å². The zero-order valence-electron chi connectivity index (χ0n) is 17.7. The first-order valence-corrected chi connectivity index (χ1v) is 10.9. The fourth-order valence-corrected chi connectivity index (χ4v) is 4.22. The summed E-state index contributed by atoms with van der Waals surface area (Å²) in [4.78, 5) is 0. The Morgan fingerprint density at radius 2 is 1.06 bits per heavy atom. The number of benzene rings is 4. The highest BCUT2D eigenvalue weighted by molar-refractivity contribution is 5.78. The number of nitrogens with one attached hydrogen (secondary N) is 3. The monoisotopic (exact) mass is 405 g/mol. The van der Waals surface area contributed by atoms with Crippen molar-refractivity contribution in [1.29, 1.82) is 0 Å². The second kappa shape index (κ2) is 8.57. The Labute approximate surface area is 184 Å². The standard InChI is InChI=1S/C28H27N3/c1-20-25-14-12-23(29-18-21-8-4-2-5-9-21)16-27(25)31-28-17-24(13-15-26(20)28)30-19-22-10-6-3-7-11-22/h2-17,20,29-31H,18-19H2,1H3. The molecular weight excluding hydrogens is 378 g/mol. The highest BCUT2D eigenvalue weighted by Gasteiger charge is 2.22. The molecule has 0 atom stereocenters. The van der Waals surface area contributed by atoms with Crippen LogP contribution in [-0.2, 0) is 13.1 Å². The largest absolute Gasteiger partial charge is 0.381 e. The predicted molar refractivity (Wildman–Crippen MR) is 131 cm³/mol. The molecule has 0 aromatic heterocycles. The molecule has 4 aromatic rings. The number of hydrogen-bond acceptors (Lipinski definition) is 3. The number of anilines is 4. The maximum absolute atomic E-state index is 3.67. The Morgan fingerprint density at radius 1 is 0.613 bits per heavy atom. The van der Waals surface area contributed by atoms with Crippen LogP contribution in [0.2, 0.25) is 0 Å². The summed E-state index contributed by atoms with van der Waals surface area (Å²) in [5, 5.41) is 10.8. The highest BCUT2D eigenvalue weighted by atomic mass is 14.9. The van der Waals surface area contributed by atoms with E-state index in [4.69, 9.17) is 0 Å². The van der Waals surface area contributed by atoms with Gasteiger partial charge in [0, 0.05) is 41.8 Å². The predicted octanol–water partition coefficient (Wildman–Crippen LogP) is 7.12. The van der Waals surface area contributed by atoms with Crippen molar-refractivity contribution in [3.8, 4) is 0 Å². The zero-order valence-corrected chi connectivity index (χ0v) is 17.7. The number of rotatable bonds is 6. The zero-order chi connectivity index (χ0) is 21.0. The smallest absolute Gasteiger partial charge is 0.0443 e. The Morgan fingerprint density at radius 3 is 1.52 bits per heavy atom. The molecule has 0 saturated heterocycles. The first-order chi connectivity index (χ1) is 15.3. The molecule has 0 fully saturated rings. The first kappa shape index (κ1) is 19.3. The van der Waals surface area contributed by atoms with Crippen LogP contribution in [0, 0.1) is 0 Å². The molecule has 3 heteroatoms. The third kappa shape index (κ3) is 4.26. The van der Waals surface area contributed by atoms with Crippen molar-refractivity contribution in [3.63, 3.8) is 0 Å². The molecule has 1 aliphatic rings. The second-order valence-corrected chi connectivity index (χ2v) is 8.13. The van der Waals surface area contributed by atoms with Crippen LogP contribution in [0.15, 0.2) is 97.1 Å². The molecule has 0 saturated carbocycles. The third-order valence-electron chi connectivity index (χ3n) is 5.99. The van der Waals surface area contributed by atoms with Gasteiger partial charge in [0.05, 0.1) is 0 Å². The van der Waals surface area contributed by atoms with Gasteiger partial charge in [0.2, 0.25) is 0 Å². The van der Waals surface area contributed by atoms with Gasteiger partial charge in [-0.25, -0.2) is 0 Å². The van der Waals surface area contributed by atoms with Gasteiger partial charge >= 0.3 is 0 Å². The van der Waals surface area contributed by atoms with Crippen molar-refractivity contribution in [2.75, 3.05) is 16.0 Å². The van der Waals surface area contributed by atoms with Crippen molar-refractivity contribution in [2.24, 2.45) is 0 Å². The molecule has 31 heavy (non-hydrogen) atoms. The molecule has 3 nitrogen and oxygen atoms in total. The molecule has 4 aromatic carbocycles. The van der Waals surface area contributed by atoms with Crippen molar-refractivity contribution in [3.05, 3.63) is 119 Å². The fraction of sp³-hybridized carbons (Fsp3) is 0.143. The molecule has 0 bridgehead atoms. The first-order valence-electron chi connectivity index (χ1n) is 10.9. The number of hydrogen-bond donors (Lipinski definition) is 3. The second-order valence-electron chi connectivity index (χ2n) is 8.13. The average molecular weight is 406 g/mol. The summed E-state index contributed by atoms with van der Waals surface area (Å²) in [5.41, 5.74) is 9.84. The number of fused-ring (bicyclic) bond motifs is 2. The van der Waals surface area contributed by atoms with Crippen molar-refractivity contribution in [2.45, 2.75) is 25.9 Å². The minimum Gasteiger partial charge on any atom is -0.381 e. The fourth-order valence-electron chi connectivity index (χ4n) is 4.22. The van der Waals surface area contributed by atoms with Gasteiger partial charge in [-0.15, -0.1) is 0 Å². The lowest BCUT2D eigenvalue weighted by Crippen LogP contribution is -2.12. The quantitative estimate of drug-likeness (QED) is 0.320. The van der Waals surface area contributed by atoms with E-state index < -0.39 is 0 Å². The van der Waals surface area contributed by atoms with Gasteiger partial charge in [0.15, 0.2) is 0 Å². The van der Waals surface area contributed by atoms with E-state index in [9.17, 15) is 0 Å². The lowest BCUT2D eigenvalue weighted by atomic mass is 9.87. The minimum atomic E-state index is 0.359. The van der Waals surface area contributed by atoms with Gasteiger partial charge in [-0.2, -0.15) is 0 Å². The van der Waals surface area contributed by atoms with Crippen LogP contribution in [0.3, 0.4) is 0 Å².